The summed E-state index contributed by atoms with van der Waals surface area (Å²) >= 11 is 12.2. The Morgan fingerprint density at radius 3 is 2.69 bits per heavy atom. The predicted octanol–water partition coefficient (Wildman–Crippen LogP) is 3.09. The van der Waals surface area contributed by atoms with Gasteiger partial charge in [-0.25, -0.2) is 0 Å². The quantitative estimate of drug-likeness (QED) is 0.696. The first-order valence-corrected chi connectivity index (χ1v) is 8.33. The van der Waals surface area contributed by atoms with E-state index in [2.05, 4.69) is 15.6 Å². The molecule has 0 unspecified atom stereocenters. The standard InChI is InChI=1S/C17H15Cl2N5O2/c1-26-14-7-6-11(8-13(14)19)24-16(20)15(22-23-24)17(25)21-9-10-4-2-3-5-12(10)18/h2-8H,9,20H2,1H3,(H,21,25). The molecule has 0 bridgehead atoms. The zero-order valence-corrected chi connectivity index (χ0v) is 15.3. The smallest absolute Gasteiger partial charge is 0.275 e. The molecule has 2 aromatic carbocycles. The Hall–Kier alpha value is -2.77. The summed E-state index contributed by atoms with van der Waals surface area (Å²) in [4.78, 5) is 12.4. The number of halogens is 2. The summed E-state index contributed by atoms with van der Waals surface area (Å²) < 4.78 is 6.44. The summed E-state index contributed by atoms with van der Waals surface area (Å²) in [5.41, 5.74) is 7.40. The van der Waals surface area contributed by atoms with Crippen LogP contribution in [0.25, 0.3) is 5.69 Å². The number of nitrogen functional groups attached to an aromatic ring is 1. The van der Waals surface area contributed by atoms with Crippen LogP contribution in [-0.2, 0) is 6.54 Å². The lowest BCUT2D eigenvalue weighted by atomic mass is 10.2. The van der Waals surface area contributed by atoms with Crippen molar-refractivity contribution in [3.63, 3.8) is 0 Å². The van der Waals surface area contributed by atoms with Crippen LogP contribution in [0.2, 0.25) is 10.0 Å². The molecule has 0 fully saturated rings. The molecule has 3 N–H and O–H groups in total. The number of anilines is 1. The van der Waals surface area contributed by atoms with Crippen molar-refractivity contribution in [3.05, 3.63) is 63.8 Å². The molecule has 134 valence electrons. The molecule has 1 amide bonds. The summed E-state index contributed by atoms with van der Waals surface area (Å²) in [6.07, 6.45) is 0. The molecule has 0 aliphatic carbocycles. The number of nitrogens with two attached hydrogens (primary N) is 1. The van der Waals surface area contributed by atoms with Crippen molar-refractivity contribution < 1.29 is 9.53 Å². The molecule has 0 radical (unpaired) electrons. The van der Waals surface area contributed by atoms with E-state index in [9.17, 15) is 4.79 Å². The molecule has 0 aliphatic heterocycles. The number of methoxy groups -OCH3 is 1. The normalized spacial score (nSPS) is 10.6. The first-order chi connectivity index (χ1) is 12.5. The third-order valence-electron chi connectivity index (χ3n) is 3.70. The molecule has 0 aliphatic rings. The van der Waals surface area contributed by atoms with E-state index in [1.165, 1.54) is 11.8 Å². The highest BCUT2D eigenvalue weighted by atomic mass is 35.5. The number of nitrogens with zero attached hydrogens (tertiary/aromatic N) is 3. The molecule has 26 heavy (non-hydrogen) atoms. The van der Waals surface area contributed by atoms with Gasteiger partial charge in [-0.15, -0.1) is 5.10 Å². The van der Waals surface area contributed by atoms with Gasteiger partial charge in [-0.05, 0) is 29.8 Å². The molecule has 7 nitrogen and oxygen atoms in total. The second-order valence-electron chi connectivity index (χ2n) is 5.33. The number of benzene rings is 2. The first-order valence-electron chi connectivity index (χ1n) is 7.58. The van der Waals surface area contributed by atoms with Crippen LogP contribution in [-0.4, -0.2) is 28.0 Å². The van der Waals surface area contributed by atoms with Gasteiger partial charge in [-0.1, -0.05) is 46.6 Å². The fourth-order valence-electron chi connectivity index (χ4n) is 2.33. The molecule has 0 atom stereocenters. The van der Waals surface area contributed by atoms with Crippen molar-refractivity contribution >= 4 is 34.9 Å². The van der Waals surface area contributed by atoms with Gasteiger partial charge in [-0.2, -0.15) is 4.68 Å². The summed E-state index contributed by atoms with van der Waals surface area (Å²) in [5.74, 6) is 0.169. The Balaban J connectivity index is 1.79. The van der Waals surface area contributed by atoms with Crippen molar-refractivity contribution in [1.82, 2.24) is 20.3 Å². The minimum atomic E-state index is -0.451. The van der Waals surface area contributed by atoms with Gasteiger partial charge in [0, 0.05) is 11.6 Å². The lowest BCUT2D eigenvalue weighted by molar-refractivity contribution is 0.0947. The largest absolute Gasteiger partial charge is 0.495 e. The predicted molar refractivity (Wildman–Crippen MR) is 100.0 cm³/mol. The Labute approximate surface area is 159 Å². The van der Waals surface area contributed by atoms with Gasteiger partial charge in [0.05, 0.1) is 17.8 Å². The van der Waals surface area contributed by atoms with Crippen molar-refractivity contribution in [1.29, 1.82) is 0 Å². The second kappa shape index (κ2) is 7.63. The number of aromatic nitrogens is 3. The fraction of sp³-hybridized carbons (Fsp3) is 0.118. The van der Waals surface area contributed by atoms with Gasteiger partial charge in [0.1, 0.15) is 5.75 Å². The fourth-order valence-corrected chi connectivity index (χ4v) is 2.78. The molecule has 9 heteroatoms. The first kappa shape index (κ1) is 18.0. The molecule has 1 aromatic heterocycles. The van der Waals surface area contributed by atoms with E-state index in [0.717, 1.165) is 5.56 Å². The van der Waals surface area contributed by atoms with E-state index in [-0.39, 0.29) is 18.1 Å². The maximum Gasteiger partial charge on any atom is 0.275 e. The molecule has 1 heterocycles. The molecular weight excluding hydrogens is 377 g/mol. The number of rotatable bonds is 5. The topological polar surface area (TPSA) is 95.1 Å². The maximum absolute atomic E-state index is 12.4. The summed E-state index contributed by atoms with van der Waals surface area (Å²) in [7, 11) is 1.52. The second-order valence-corrected chi connectivity index (χ2v) is 6.14. The van der Waals surface area contributed by atoms with Crippen LogP contribution in [0.3, 0.4) is 0 Å². The number of nitrogens with one attached hydrogen (secondary N) is 1. The number of hydrogen-bond donors (Lipinski definition) is 2. The highest BCUT2D eigenvalue weighted by Gasteiger charge is 2.19. The molecule has 0 saturated heterocycles. The average molecular weight is 392 g/mol. The Morgan fingerprint density at radius 1 is 1.23 bits per heavy atom. The molecule has 0 saturated carbocycles. The zero-order chi connectivity index (χ0) is 18.7. The van der Waals surface area contributed by atoms with Crippen LogP contribution in [0.15, 0.2) is 42.5 Å². The van der Waals surface area contributed by atoms with Crippen LogP contribution in [0.5, 0.6) is 5.75 Å². The van der Waals surface area contributed by atoms with E-state index in [4.69, 9.17) is 33.7 Å². The van der Waals surface area contributed by atoms with E-state index in [1.807, 2.05) is 18.2 Å². The van der Waals surface area contributed by atoms with Gasteiger partial charge in [-0.3, -0.25) is 4.79 Å². The highest BCUT2D eigenvalue weighted by molar-refractivity contribution is 6.32. The minimum absolute atomic E-state index is 0.0176. The van der Waals surface area contributed by atoms with E-state index >= 15 is 0 Å². The van der Waals surface area contributed by atoms with E-state index < -0.39 is 5.91 Å². The third kappa shape index (κ3) is 3.58. The number of ether oxygens (including phenoxy) is 1. The van der Waals surface area contributed by atoms with Gasteiger partial charge in [0.25, 0.3) is 5.91 Å². The Kier molecular flexibility index (Phi) is 5.29. The molecule has 3 rings (SSSR count). The van der Waals surface area contributed by atoms with Gasteiger partial charge < -0.3 is 15.8 Å². The van der Waals surface area contributed by atoms with E-state index in [1.54, 1.807) is 24.3 Å². The van der Waals surface area contributed by atoms with Crippen molar-refractivity contribution in [2.45, 2.75) is 6.54 Å². The van der Waals surface area contributed by atoms with Crippen LogP contribution >= 0.6 is 23.2 Å². The summed E-state index contributed by atoms with van der Waals surface area (Å²) in [5, 5.41) is 11.5. The highest BCUT2D eigenvalue weighted by Crippen LogP contribution is 2.27. The number of amides is 1. The summed E-state index contributed by atoms with van der Waals surface area (Å²) in [6.45, 7) is 0.249. The van der Waals surface area contributed by atoms with Crippen LogP contribution in [0.4, 0.5) is 5.82 Å². The van der Waals surface area contributed by atoms with Crippen molar-refractivity contribution in [3.8, 4) is 11.4 Å². The molecular formula is C17H15Cl2N5O2. The lowest BCUT2D eigenvalue weighted by Gasteiger charge is -2.08. The lowest BCUT2D eigenvalue weighted by Crippen LogP contribution is -2.24. The minimum Gasteiger partial charge on any atom is -0.495 e. The van der Waals surface area contributed by atoms with Crippen molar-refractivity contribution in [2.24, 2.45) is 0 Å². The number of carbonyl (C=O) groups is 1. The zero-order valence-electron chi connectivity index (χ0n) is 13.7. The Bertz CT molecular complexity index is 958. The average Bonchev–Trinajstić information content (AvgIpc) is 3.02. The van der Waals surface area contributed by atoms with Gasteiger partial charge >= 0.3 is 0 Å². The number of carbonyl (C=O) groups excluding carboxylic acids is 1. The molecule has 0 spiro atoms. The summed E-state index contributed by atoms with van der Waals surface area (Å²) in [6, 6.07) is 12.2. The van der Waals surface area contributed by atoms with Crippen molar-refractivity contribution in [2.75, 3.05) is 12.8 Å². The monoisotopic (exact) mass is 391 g/mol. The number of hydrogen-bond acceptors (Lipinski definition) is 5. The van der Waals surface area contributed by atoms with Gasteiger partial charge in [0.15, 0.2) is 11.5 Å². The Morgan fingerprint density at radius 2 is 2.00 bits per heavy atom. The van der Waals surface area contributed by atoms with Crippen LogP contribution in [0.1, 0.15) is 16.1 Å². The van der Waals surface area contributed by atoms with Gasteiger partial charge in [0.2, 0.25) is 0 Å². The molecule has 3 aromatic rings. The SMILES string of the molecule is COc1ccc(-n2nnc(C(=O)NCc3ccccc3Cl)c2N)cc1Cl. The van der Waals surface area contributed by atoms with Crippen LogP contribution in [0, 0.1) is 0 Å². The third-order valence-corrected chi connectivity index (χ3v) is 4.36. The van der Waals surface area contributed by atoms with Crippen LogP contribution < -0.4 is 15.8 Å². The maximum atomic E-state index is 12.4. The van der Waals surface area contributed by atoms with E-state index in [0.29, 0.717) is 21.5 Å².